The molecule has 3 aliphatic heterocycles. The lowest BCUT2D eigenvalue weighted by atomic mass is 10.1. The zero-order valence-corrected chi connectivity index (χ0v) is 21.5. The van der Waals surface area contributed by atoms with Crippen molar-refractivity contribution < 1.29 is 13.2 Å². The van der Waals surface area contributed by atoms with Crippen LogP contribution in [0.15, 0.2) is 41.4 Å². The monoisotopic (exact) mass is 518 g/mol. The highest BCUT2D eigenvalue weighted by Crippen LogP contribution is 2.36. The number of nitrogens with zero attached hydrogens (tertiary/aromatic N) is 3. The van der Waals surface area contributed by atoms with Crippen LogP contribution >= 0.6 is 23.4 Å². The van der Waals surface area contributed by atoms with Crippen LogP contribution in [0, 0.1) is 13.8 Å². The lowest BCUT2D eigenvalue weighted by molar-refractivity contribution is 0.0747. The van der Waals surface area contributed by atoms with E-state index in [1.807, 2.05) is 4.90 Å². The molecule has 3 heterocycles. The zero-order chi connectivity index (χ0) is 24.0. The molecule has 5 rings (SSSR count). The van der Waals surface area contributed by atoms with Crippen LogP contribution in [0.3, 0.4) is 0 Å². The molecule has 1 amide bonds. The van der Waals surface area contributed by atoms with E-state index in [0.29, 0.717) is 34.5 Å². The van der Waals surface area contributed by atoms with E-state index < -0.39 is 9.84 Å². The molecule has 0 aromatic heterocycles. The van der Waals surface area contributed by atoms with Gasteiger partial charge in [0.05, 0.1) is 28.3 Å². The summed E-state index contributed by atoms with van der Waals surface area (Å²) >= 11 is 7.82. The highest BCUT2D eigenvalue weighted by Gasteiger charge is 2.42. The summed E-state index contributed by atoms with van der Waals surface area (Å²) in [6.07, 6.45) is 0. The number of fused-ring (bicyclic) bond motifs is 1. The third-order valence-corrected chi connectivity index (χ3v) is 10.0. The van der Waals surface area contributed by atoms with Gasteiger partial charge in [0.2, 0.25) is 0 Å². The third kappa shape index (κ3) is 4.78. The molecule has 3 aliphatic rings. The molecule has 1 N–H and O–H groups in total. The second-order valence-corrected chi connectivity index (χ2v) is 12.9. The van der Waals surface area contributed by atoms with Crippen molar-refractivity contribution in [1.29, 1.82) is 0 Å². The molecule has 0 saturated carbocycles. The first-order chi connectivity index (χ1) is 16.2. The van der Waals surface area contributed by atoms with Crippen molar-refractivity contribution in [3.63, 3.8) is 0 Å². The van der Waals surface area contributed by atoms with E-state index in [-0.39, 0.29) is 28.7 Å². The number of aryl methyl sites for hydroxylation is 2. The smallest absolute Gasteiger partial charge is 0.254 e. The van der Waals surface area contributed by atoms with E-state index >= 15 is 0 Å². The molecule has 7 nitrogen and oxygen atoms in total. The Labute approximate surface area is 209 Å². The predicted molar refractivity (Wildman–Crippen MR) is 140 cm³/mol. The second-order valence-electron chi connectivity index (χ2n) is 9.12. The van der Waals surface area contributed by atoms with Crippen LogP contribution in [0.2, 0.25) is 5.02 Å². The van der Waals surface area contributed by atoms with Crippen LogP contribution in [0.5, 0.6) is 0 Å². The second kappa shape index (κ2) is 9.09. The number of amidine groups is 1. The Hall–Kier alpha value is -2.23. The standard InChI is InChI=1S/C24H27ClN4O3S2/c1-15-3-4-16(2)21(11-15)28-7-9-29(10-8-28)23(30)17-5-6-18(25)19(12-17)26-24-27-20-13-34(31,32)14-22(20)33-24/h3-6,11-12,20,22H,7-10,13-14H2,1-2H3,(H,26,27)/t20-,22-/m0/s1. The molecule has 2 saturated heterocycles. The highest BCUT2D eigenvalue weighted by molar-refractivity contribution is 8.15. The van der Waals surface area contributed by atoms with E-state index in [9.17, 15) is 13.2 Å². The lowest BCUT2D eigenvalue weighted by Gasteiger charge is -2.37. The first-order valence-electron chi connectivity index (χ1n) is 11.3. The lowest BCUT2D eigenvalue weighted by Crippen LogP contribution is -2.49. The summed E-state index contributed by atoms with van der Waals surface area (Å²) in [5, 5.41) is 4.30. The van der Waals surface area contributed by atoms with Gasteiger partial charge in [-0.25, -0.2) is 8.42 Å². The number of aliphatic imine (C=N–C) groups is 1. The number of hydrogen-bond acceptors (Lipinski definition) is 7. The maximum absolute atomic E-state index is 13.2. The molecular formula is C24H27ClN4O3S2. The van der Waals surface area contributed by atoms with Crippen LogP contribution < -0.4 is 10.2 Å². The van der Waals surface area contributed by atoms with Crippen molar-refractivity contribution in [1.82, 2.24) is 4.90 Å². The van der Waals surface area contributed by atoms with Gasteiger partial charge in [-0.05, 0) is 49.2 Å². The molecule has 2 fully saturated rings. The van der Waals surface area contributed by atoms with Crippen molar-refractivity contribution in [3.8, 4) is 0 Å². The first kappa shape index (κ1) is 23.5. The number of carbonyl (C=O) groups is 1. The number of rotatable bonds is 3. The van der Waals surface area contributed by atoms with E-state index in [2.05, 4.69) is 47.3 Å². The van der Waals surface area contributed by atoms with Crippen molar-refractivity contribution >= 4 is 55.6 Å². The van der Waals surface area contributed by atoms with Crippen LogP contribution in [0.25, 0.3) is 0 Å². The number of halogens is 1. The third-order valence-electron chi connectivity index (χ3n) is 6.55. The molecule has 2 atom stereocenters. The van der Waals surface area contributed by atoms with Crippen LogP contribution in [-0.2, 0) is 9.84 Å². The van der Waals surface area contributed by atoms with Gasteiger partial charge >= 0.3 is 0 Å². The van der Waals surface area contributed by atoms with Gasteiger partial charge in [0.15, 0.2) is 15.0 Å². The van der Waals surface area contributed by atoms with Gasteiger partial charge in [-0.2, -0.15) is 0 Å². The summed E-state index contributed by atoms with van der Waals surface area (Å²) in [6, 6.07) is 11.5. The van der Waals surface area contributed by atoms with Crippen molar-refractivity contribution in [2.24, 2.45) is 4.99 Å². The Morgan fingerprint density at radius 1 is 1.09 bits per heavy atom. The average molecular weight is 519 g/mol. The summed E-state index contributed by atoms with van der Waals surface area (Å²) in [7, 11) is -3.00. The molecule has 0 bridgehead atoms. The first-order valence-corrected chi connectivity index (χ1v) is 14.4. The largest absolute Gasteiger partial charge is 0.368 e. The van der Waals surface area contributed by atoms with Gasteiger partial charge < -0.3 is 15.1 Å². The maximum atomic E-state index is 13.2. The van der Waals surface area contributed by atoms with Crippen molar-refractivity contribution in [2.45, 2.75) is 25.1 Å². The Morgan fingerprint density at radius 2 is 1.85 bits per heavy atom. The number of carbonyl (C=O) groups excluding carboxylic acids is 1. The topological polar surface area (TPSA) is 82.1 Å². The minimum Gasteiger partial charge on any atom is -0.368 e. The average Bonchev–Trinajstić information content (AvgIpc) is 3.29. The molecule has 0 aliphatic carbocycles. The van der Waals surface area contributed by atoms with Crippen LogP contribution in [0.4, 0.5) is 11.4 Å². The molecule has 0 radical (unpaired) electrons. The van der Waals surface area contributed by atoms with Crippen molar-refractivity contribution in [3.05, 3.63) is 58.1 Å². The quantitative estimate of drug-likeness (QED) is 0.668. The van der Waals surface area contributed by atoms with Gasteiger partial charge in [-0.15, -0.1) is 0 Å². The molecule has 0 unspecified atom stereocenters. The summed E-state index contributed by atoms with van der Waals surface area (Å²) in [4.78, 5) is 22.0. The number of thioether (sulfide) groups is 1. The summed E-state index contributed by atoms with van der Waals surface area (Å²) in [6.45, 7) is 7.09. The number of hydrogen-bond donors (Lipinski definition) is 1. The van der Waals surface area contributed by atoms with E-state index in [0.717, 1.165) is 13.1 Å². The summed E-state index contributed by atoms with van der Waals surface area (Å²) in [5.41, 5.74) is 4.88. The van der Waals surface area contributed by atoms with Gasteiger partial charge in [-0.3, -0.25) is 9.79 Å². The highest BCUT2D eigenvalue weighted by atomic mass is 35.5. The molecule has 2 aromatic rings. The fraction of sp³-hybridized carbons (Fsp3) is 0.417. The normalized spacial score (nSPS) is 23.6. The number of sulfone groups is 1. The van der Waals surface area contributed by atoms with Gasteiger partial charge in [-0.1, -0.05) is 35.5 Å². The number of piperazine rings is 1. The molecule has 2 aromatic carbocycles. The number of nitrogens with one attached hydrogen (secondary N) is 1. The van der Waals surface area contributed by atoms with E-state index in [1.165, 1.54) is 28.6 Å². The zero-order valence-electron chi connectivity index (χ0n) is 19.1. The minimum absolute atomic E-state index is 0.0238. The fourth-order valence-electron chi connectivity index (χ4n) is 4.68. The molecule has 0 spiro atoms. The molecule has 34 heavy (non-hydrogen) atoms. The Bertz CT molecular complexity index is 1270. The Kier molecular flexibility index (Phi) is 6.29. The maximum Gasteiger partial charge on any atom is 0.254 e. The fourth-order valence-corrected chi connectivity index (χ4v) is 8.51. The summed E-state index contributed by atoms with van der Waals surface area (Å²) < 4.78 is 23.6. The Morgan fingerprint density at radius 3 is 2.59 bits per heavy atom. The van der Waals surface area contributed by atoms with Gasteiger partial charge in [0.1, 0.15) is 0 Å². The van der Waals surface area contributed by atoms with Gasteiger partial charge in [0, 0.05) is 42.7 Å². The predicted octanol–water partition coefficient (Wildman–Crippen LogP) is 3.60. The van der Waals surface area contributed by atoms with E-state index in [1.54, 1.807) is 18.2 Å². The van der Waals surface area contributed by atoms with Crippen molar-refractivity contribution in [2.75, 3.05) is 47.9 Å². The molecule has 180 valence electrons. The number of benzene rings is 2. The van der Waals surface area contributed by atoms with Gasteiger partial charge in [0.25, 0.3) is 5.91 Å². The number of amides is 1. The SMILES string of the molecule is Cc1ccc(C)c(N2CCN(C(=O)c3ccc(Cl)c(NC4=N[C@H]5CS(=O)(=O)C[C@@H]5S4)c3)CC2)c1. The minimum atomic E-state index is -3.00. The number of anilines is 2. The van der Waals surface area contributed by atoms with E-state index in [4.69, 9.17) is 11.6 Å². The molecular weight excluding hydrogens is 492 g/mol. The Balaban J connectivity index is 1.25. The summed E-state index contributed by atoms with van der Waals surface area (Å²) in [5.74, 6) is 0.220. The molecule has 10 heteroatoms. The van der Waals surface area contributed by atoms with Crippen LogP contribution in [0.1, 0.15) is 21.5 Å². The van der Waals surface area contributed by atoms with Crippen LogP contribution in [-0.4, -0.2) is 73.4 Å².